The van der Waals surface area contributed by atoms with Crippen LogP contribution in [-0.4, -0.2) is 45.3 Å². The van der Waals surface area contributed by atoms with E-state index in [1.54, 1.807) is 14.2 Å². The van der Waals surface area contributed by atoms with Gasteiger partial charge in [0.05, 0.1) is 14.2 Å². The van der Waals surface area contributed by atoms with Crippen LogP contribution in [0.2, 0.25) is 0 Å². The Bertz CT molecular complexity index is 380. The Balaban J connectivity index is 2.52. The second-order valence-corrected chi connectivity index (χ2v) is 5.00. The Morgan fingerprint density at radius 2 is 1.95 bits per heavy atom. The van der Waals surface area contributed by atoms with Gasteiger partial charge in [0, 0.05) is 18.7 Å². The fourth-order valence-electron chi connectivity index (χ4n) is 1.91. The first kappa shape index (κ1) is 15.8. The first-order chi connectivity index (χ1) is 9.06. The molecule has 0 aromatic heterocycles. The Kier molecular flexibility index (Phi) is 6.67. The first-order valence-electron chi connectivity index (χ1n) is 6.71. The van der Waals surface area contributed by atoms with Crippen molar-refractivity contribution >= 4 is 0 Å². The van der Waals surface area contributed by atoms with Crippen LogP contribution < -0.4 is 15.2 Å². The molecule has 0 heterocycles. The monoisotopic (exact) mass is 266 g/mol. The maximum absolute atomic E-state index is 5.77. The molecule has 0 amide bonds. The zero-order chi connectivity index (χ0) is 14.3. The standard InChI is InChI=1S/C15H26N2O2/c1-12(16)7-9-17(2)10-8-13-5-6-14(18-3)11-15(13)19-4/h5-6,11-12H,7-10,16H2,1-4H3. The Hall–Kier alpha value is -1.26. The SMILES string of the molecule is COc1ccc(CCN(C)CCC(C)N)c(OC)c1. The molecule has 0 radical (unpaired) electrons. The van der Waals surface area contributed by atoms with Crippen LogP contribution in [0.4, 0.5) is 0 Å². The number of ether oxygens (including phenoxy) is 2. The average molecular weight is 266 g/mol. The van der Waals surface area contributed by atoms with E-state index < -0.39 is 0 Å². The molecule has 4 heteroatoms. The van der Waals surface area contributed by atoms with Crippen molar-refractivity contribution in [2.24, 2.45) is 5.73 Å². The van der Waals surface area contributed by atoms with Crippen LogP contribution in [0.25, 0.3) is 0 Å². The lowest BCUT2D eigenvalue weighted by Gasteiger charge is -2.18. The summed E-state index contributed by atoms with van der Waals surface area (Å²) in [6.45, 7) is 4.06. The molecule has 2 N–H and O–H groups in total. The van der Waals surface area contributed by atoms with Gasteiger partial charge in [-0.1, -0.05) is 6.07 Å². The van der Waals surface area contributed by atoms with Crippen LogP contribution in [0.3, 0.4) is 0 Å². The summed E-state index contributed by atoms with van der Waals surface area (Å²) in [5.74, 6) is 1.71. The van der Waals surface area contributed by atoms with E-state index in [1.165, 1.54) is 5.56 Å². The molecule has 19 heavy (non-hydrogen) atoms. The fourth-order valence-corrected chi connectivity index (χ4v) is 1.91. The summed E-state index contributed by atoms with van der Waals surface area (Å²) in [6.07, 6.45) is 1.98. The highest BCUT2D eigenvalue weighted by Crippen LogP contribution is 2.24. The molecule has 1 aromatic carbocycles. The van der Waals surface area contributed by atoms with Crippen molar-refractivity contribution in [2.75, 3.05) is 34.4 Å². The topological polar surface area (TPSA) is 47.7 Å². The van der Waals surface area contributed by atoms with Crippen molar-refractivity contribution in [1.29, 1.82) is 0 Å². The smallest absolute Gasteiger partial charge is 0.125 e. The van der Waals surface area contributed by atoms with Crippen LogP contribution in [0.1, 0.15) is 18.9 Å². The number of hydrogen-bond acceptors (Lipinski definition) is 4. The number of nitrogens with zero attached hydrogens (tertiary/aromatic N) is 1. The molecular formula is C15H26N2O2. The predicted octanol–water partition coefficient (Wildman–Crippen LogP) is 1.92. The van der Waals surface area contributed by atoms with E-state index in [1.807, 2.05) is 19.1 Å². The first-order valence-corrected chi connectivity index (χ1v) is 6.71. The third kappa shape index (κ3) is 5.49. The summed E-state index contributed by atoms with van der Waals surface area (Å²) < 4.78 is 10.6. The van der Waals surface area contributed by atoms with E-state index in [4.69, 9.17) is 15.2 Å². The molecule has 0 saturated heterocycles. The van der Waals surface area contributed by atoms with Crippen LogP contribution in [0.15, 0.2) is 18.2 Å². The van der Waals surface area contributed by atoms with Gasteiger partial charge in [0.2, 0.25) is 0 Å². The molecule has 0 aliphatic rings. The summed E-state index contributed by atoms with van der Waals surface area (Å²) >= 11 is 0. The maximum atomic E-state index is 5.77. The normalized spacial score (nSPS) is 12.5. The highest BCUT2D eigenvalue weighted by atomic mass is 16.5. The van der Waals surface area contributed by atoms with E-state index in [9.17, 15) is 0 Å². The third-order valence-corrected chi connectivity index (χ3v) is 3.22. The number of likely N-dealkylation sites (N-methyl/N-ethyl adjacent to an activating group) is 1. The molecule has 1 atom stereocenters. The van der Waals surface area contributed by atoms with Gasteiger partial charge in [-0.25, -0.2) is 0 Å². The van der Waals surface area contributed by atoms with Gasteiger partial charge in [0.25, 0.3) is 0 Å². The zero-order valence-corrected chi connectivity index (χ0v) is 12.5. The second-order valence-electron chi connectivity index (χ2n) is 5.00. The number of nitrogens with two attached hydrogens (primary N) is 1. The third-order valence-electron chi connectivity index (χ3n) is 3.22. The summed E-state index contributed by atoms with van der Waals surface area (Å²) in [6, 6.07) is 6.23. The minimum absolute atomic E-state index is 0.262. The van der Waals surface area contributed by atoms with E-state index in [2.05, 4.69) is 18.0 Å². The summed E-state index contributed by atoms with van der Waals surface area (Å²) in [5, 5.41) is 0. The van der Waals surface area contributed by atoms with Gasteiger partial charge in [-0.3, -0.25) is 0 Å². The van der Waals surface area contributed by atoms with Gasteiger partial charge < -0.3 is 20.1 Å². The van der Waals surface area contributed by atoms with Crippen LogP contribution in [0, 0.1) is 0 Å². The quantitative estimate of drug-likeness (QED) is 0.781. The van der Waals surface area contributed by atoms with Crippen LogP contribution in [-0.2, 0) is 6.42 Å². The van der Waals surface area contributed by atoms with Crippen molar-refractivity contribution in [2.45, 2.75) is 25.8 Å². The molecule has 1 unspecified atom stereocenters. The fraction of sp³-hybridized carbons (Fsp3) is 0.600. The van der Waals surface area contributed by atoms with E-state index in [0.717, 1.165) is 37.4 Å². The minimum atomic E-state index is 0.262. The second kappa shape index (κ2) is 8.02. The van der Waals surface area contributed by atoms with Crippen LogP contribution in [0.5, 0.6) is 11.5 Å². The van der Waals surface area contributed by atoms with Crippen molar-refractivity contribution in [3.63, 3.8) is 0 Å². The zero-order valence-electron chi connectivity index (χ0n) is 12.5. The molecule has 0 bridgehead atoms. The summed E-state index contributed by atoms with van der Waals surface area (Å²) in [5.41, 5.74) is 6.97. The molecule has 0 spiro atoms. The molecule has 108 valence electrons. The van der Waals surface area contributed by atoms with Gasteiger partial charge >= 0.3 is 0 Å². The van der Waals surface area contributed by atoms with Crippen molar-refractivity contribution < 1.29 is 9.47 Å². The highest BCUT2D eigenvalue weighted by molar-refractivity contribution is 5.40. The molecule has 0 aliphatic carbocycles. The molecule has 1 aromatic rings. The number of hydrogen-bond donors (Lipinski definition) is 1. The molecule has 4 nitrogen and oxygen atoms in total. The Labute approximate surface area is 116 Å². The van der Waals surface area contributed by atoms with Gasteiger partial charge in [0.1, 0.15) is 11.5 Å². The molecule has 1 rings (SSSR count). The van der Waals surface area contributed by atoms with E-state index in [-0.39, 0.29) is 6.04 Å². The summed E-state index contributed by atoms with van der Waals surface area (Å²) in [7, 11) is 5.48. The Morgan fingerprint density at radius 1 is 1.21 bits per heavy atom. The molecular weight excluding hydrogens is 240 g/mol. The van der Waals surface area contributed by atoms with Crippen molar-refractivity contribution in [3.05, 3.63) is 23.8 Å². The predicted molar refractivity (Wildman–Crippen MR) is 79.0 cm³/mol. The molecule has 0 saturated carbocycles. The molecule has 0 aliphatic heterocycles. The average Bonchev–Trinajstić information content (AvgIpc) is 2.42. The lowest BCUT2D eigenvalue weighted by atomic mass is 10.1. The van der Waals surface area contributed by atoms with Gasteiger partial charge in [-0.05, 0) is 45.0 Å². The molecule has 0 fully saturated rings. The van der Waals surface area contributed by atoms with E-state index in [0.29, 0.717) is 0 Å². The largest absolute Gasteiger partial charge is 0.497 e. The number of rotatable bonds is 8. The number of benzene rings is 1. The summed E-state index contributed by atoms with van der Waals surface area (Å²) in [4.78, 5) is 2.30. The van der Waals surface area contributed by atoms with Gasteiger partial charge in [-0.15, -0.1) is 0 Å². The highest BCUT2D eigenvalue weighted by Gasteiger charge is 2.07. The maximum Gasteiger partial charge on any atom is 0.125 e. The minimum Gasteiger partial charge on any atom is -0.497 e. The van der Waals surface area contributed by atoms with Crippen molar-refractivity contribution in [1.82, 2.24) is 4.90 Å². The Morgan fingerprint density at radius 3 is 2.53 bits per heavy atom. The van der Waals surface area contributed by atoms with Crippen LogP contribution >= 0.6 is 0 Å². The lowest BCUT2D eigenvalue weighted by Crippen LogP contribution is -2.27. The number of methoxy groups -OCH3 is 2. The van der Waals surface area contributed by atoms with E-state index >= 15 is 0 Å². The van der Waals surface area contributed by atoms with Crippen molar-refractivity contribution in [3.8, 4) is 11.5 Å². The van der Waals surface area contributed by atoms with Gasteiger partial charge in [0.15, 0.2) is 0 Å². The van der Waals surface area contributed by atoms with Gasteiger partial charge in [-0.2, -0.15) is 0 Å². The lowest BCUT2D eigenvalue weighted by molar-refractivity contribution is 0.321.